The highest BCUT2D eigenvalue weighted by atomic mass is 32.2. The zero-order valence-electron chi connectivity index (χ0n) is 23.7. The van der Waals surface area contributed by atoms with E-state index < -0.39 is 34.9 Å². The number of hydrogen-bond donors (Lipinski definition) is 2. The van der Waals surface area contributed by atoms with Crippen LogP contribution >= 0.6 is 0 Å². The Bertz CT molecular complexity index is 1420. The molecular weight excluding hydrogens is 533 g/mol. The van der Waals surface area contributed by atoms with Gasteiger partial charge in [0.1, 0.15) is 17.2 Å². The fourth-order valence-corrected chi connectivity index (χ4v) is 5.23. The number of nitrogens with one attached hydrogen (secondary N) is 2. The predicted molar refractivity (Wildman–Crippen MR) is 156 cm³/mol. The third-order valence-corrected chi connectivity index (χ3v) is 7.30. The van der Waals surface area contributed by atoms with Crippen molar-refractivity contribution in [2.75, 3.05) is 11.1 Å². The number of pyridine rings is 1. The summed E-state index contributed by atoms with van der Waals surface area (Å²) in [4.78, 5) is 38.8. The molecule has 0 aliphatic rings. The maximum absolute atomic E-state index is 13.6. The number of hydrogen-bond acceptors (Lipinski definition) is 6. The van der Waals surface area contributed by atoms with Crippen LogP contribution in [0.1, 0.15) is 75.0 Å². The predicted octanol–water partition coefficient (Wildman–Crippen LogP) is 5.88. The summed E-state index contributed by atoms with van der Waals surface area (Å²) in [5.41, 5.74) is 1.43. The molecule has 8 nitrogen and oxygen atoms in total. The van der Waals surface area contributed by atoms with Gasteiger partial charge in [-0.1, -0.05) is 13.3 Å². The van der Waals surface area contributed by atoms with Gasteiger partial charge in [-0.05, 0) is 87.7 Å². The number of carbonyl (C=O) groups is 2. The van der Waals surface area contributed by atoms with Crippen molar-refractivity contribution in [2.45, 2.75) is 59.1 Å². The molecule has 0 bridgehead atoms. The van der Waals surface area contributed by atoms with Gasteiger partial charge in [0.15, 0.2) is 5.78 Å². The van der Waals surface area contributed by atoms with E-state index in [9.17, 15) is 23.3 Å². The van der Waals surface area contributed by atoms with Crippen molar-refractivity contribution in [1.82, 2.24) is 9.29 Å². The Kier molecular flexibility index (Phi) is 10.3. The molecule has 214 valence electrons. The normalized spacial score (nSPS) is 13.0. The van der Waals surface area contributed by atoms with Crippen LogP contribution < -0.4 is 15.6 Å². The minimum atomic E-state index is -1.33. The topological polar surface area (TPSA) is 112 Å². The number of ketones is 1. The van der Waals surface area contributed by atoms with Crippen LogP contribution in [0.4, 0.5) is 14.9 Å². The molecule has 3 aromatic rings. The summed E-state index contributed by atoms with van der Waals surface area (Å²) in [6.45, 7) is 9.05. The van der Waals surface area contributed by atoms with Gasteiger partial charge in [0.2, 0.25) is 0 Å². The first-order valence-electron chi connectivity index (χ1n) is 13.1. The molecule has 1 aromatic heterocycles. The van der Waals surface area contributed by atoms with E-state index in [2.05, 4.69) is 10.0 Å². The SMILES string of the molecule is CCCC[S@+]([O-])N[C@@H](C)c1cc(=O)n(C)cc1-c1cc(NC(=O)OC(C)(C)C)ccc1C(=O)c1ccc(F)cc1. The summed E-state index contributed by atoms with van der Waals surface area (Å²) < 4.78 is 36.0. The molecule has 2 aromatic carbocycles. The average Bonchev–Trinajstić information content (AvgIpc) is 2.87. The van der Waals surface area contributed by atoms with Crippen molar-refractivity contribution < 1.29 is 23.3 Å². The molecule has 10 heteroatoms. The van der Waals surface area contributed by atoms with Crippen LogP contribution in [0, 0.1) is 5.82 Å². The summed E-state index contributed by atoms with van der Waals surface area (Å²) in [6.07, 6.45) is 2.62. The summed E-state index contributed by atoms with van der Waals surface area (Å²) in [6, 6.07) is 10.9. The minimum Gasteiger partial charge on any atom is -0.598 e. The molecular formula is C30H36FN3O5S. The standard InChI is InChI=1S/C30H36FN3O5S/c1-7-8-15-40(38)33-19(2)24-17-27(35)34(6)18-26(24)25-16-22(32-29(37)39-30(3,4)5)13-14-23(25)28(36)20-9-11-21(31)12-10-20/h9-14,16-19,33H,7-8,15H2,1-6H3,(H,32,37)/t19-,40-/m0/s1. The number of ether oxygens (including phenoxy) is 1. The smallest absolute Gasteiger partial charge is 0.412 e. The molecule has 1 amide bonds. The van der Waals surface area contributed by atoms with Crippen molar-refractivity contribution in [3.8, 4) is 11.1 Å². The van der Waals surface area contributed by atoms with E-state index in [1.165, 1.54) is 34.9 Å². The minimum absolute atomic E-state index is 0.272. The third kappa shape index (κ3) is 8.27. The van der Waals surface area contributed by atoms with Crippen LogP contribution in [0.5, 0.6) is 0 Å². The first-order valence-corrected chi connectivity index (χ1v) is 14.4. The second kappa shape index (κ2) is 13.3. The van der Waals surface area contributed by atoms with Gasteiger partial charge >= 0.3 is 6.09 Å². The van der Waals surface area contributed by atoms with Gasteiger partial charge in [0.05, 0.1) is 6.04 Å². The second-order valence-corrected chi connectivity index (χ2v) is 11.9. The van der Waals surface area contributed by atoms with E-state index >= 15 is 0 Å². The van der Waals surface area contributed by atoms with Crippen LogP contribution in [-0.2, 0) is 23.1 Å². The van der Waals surface area contributed by atoms with Gasteiger partial charge in [0.25, 0.3) is 5.56 Å². The average molecular weight is 570 g/mol. The van der Waals surface area contributed by atoms with Crippen LogP contribution in [0.15, 0.2) is 59.5 Å². The molecule has 0 aliphatic heterocycles. The van der Waals surface area contributed by atoms with Gasteiger partial charge in [0, 0.05) is 53.1 Å². The van der Waals surface area contributed by atoms with Crippen molar-refractivity contribution in [3.63, 3.8) is 0 Å². The van der Waals surface area contributed by atoms with E-state index in [1.54, 1.807) is 59.1 Å². The summed E-state index contributed by atoms with van der Waals surface area (Å²) in [5, 5.41) is 2.70. The number of benzene rings is 2. The Morgan fingerprint density at radius 3 is 2.40 bits per heavy atom. The number of aromatic nitrogens is 1. The van der Waals surface area contributed by atoms with Crippen LogP contribution in [0.2, 0.25) is 0 Å². The molecule has 0 saturated carbocycles. The molecule has 0 fully saturated rings. The molecule has 0 unspecified atom stereocenters. The summed E-state index contributed by atoms with van der Waals surface area (Å²) in [5.74, 6) is -0.374. The van der Waals surface area contributed by atoms with Gasteiger partial charge < -0.3 is 13.9 Å². The molecule has 2 N–H and O–H groups in total. The van der Waals surface area contributed by atoms with Crippen LogP contribution in [-0.4, -0.2) is 32.4 Å². The number of aryl methyl sites for hydroxylation is 1. The number of carbonyl (C=O) groups excluding carboxylic acids is 2. The summed E-state index contributed by atoms with van der Waals surface area (Å²) >= 11 is -1.33. The lowest BCUT2D eigenvalue weighted by Crippen LogP contribution is -2.31. The fraction of sp³-hybridized carbons (Fsp3) is 0.367. The maximum atomic E-state index is 13.6. The zero-order chi connectivity index (χ0) is 29.6. The molecule has 0 spiro atoms. The Balaban J connectivity index is 2.16. The molecule has 0 radical (unpaired) electrons. The highest BCUT2D eigenvalue weighted by molar-refractivity contribution is 7.89. The maximum Gasteiger partial charge on any atom is 0.412 e. The van der Waals surface area contributed by atoms with Gasteiger partial charge in [-0.15, -0.1) is 4.72 Å². The van der Waals surface area contributed by atoms with Gasteiger partial charge in [-0.25, -0.2) is 9.18 Å². The Labute approximate surface area is 237 Å². The molecule has 2 atom stereocenters. The molecule has 3 rings (SSSR count). The highest BCUT2D eigenvalue weighted by Gasteiger charge is 2.24. The number of amides is 1. The first-order chi connectivity index (χ1) is 18.8. The number of anilines is 1. The number of rotatable bonds is 10. The largest absolute Gasteiger partial charge is 0.598 e. The quantitative estimate of drug-likeness (QED) is 0.233. The van der Waals surface area contributed by atoms with Crippen molar-refractivity contribution in [2.24, 2.45) is 7.05 Å². The van der Waals surface area contributed by atoms with Crippen LogP contribution in [0.3, 0.4) is 0 Å². The summed E-state index contributed by atoms with van der Waals surface area (Å²) in [7, 11) is 1.59. The van der Waals surface area contributed by atoms with E-state index in [4.69, 9.17) is 4.74 Å². The number of unbranched alkanes of at least 4 members (excludes halogenated alkanes) is 1. The van der Waals surface area contributed by atoms with E-state index in [1.807, 2.05) is 6.92 Å². The Morgan fingerprint density at radius 1 is 1.10 bits per heavy atom. The zero-order valence-corrected chi connectivity index (χ0v) is 24.5. The fourth-order valence-electron chi connectivity index (χ4n) is 4.04. The molecule has 0 saturated heterocycles. The van der Waals surface area contributed by atoms with E-state index in [0.717, 1.165) is 12.8 Å². The Morgan fingerprint density at radius 2 is 1.77 bits per heavy atom. The van der Waals surface area contributed by atoms with Crippen molar-refractivity contribution in [3.05, 3.63) is 87.6 Å². The lowest BCUT2D eigenvalue weighted by atomic mass is 9.90. The number of halogens is 1. The van der Waals surface area contributed by atoms with E-state index in [0.29, 0.717) is 28.1 Å². The van der Waals surface area contributed by atoms with Crippen LogP contribution in [0.25, 0.3) is 11.1 Å². The van der Waals surface area contributed by atoms with Crippen molar-refractivity contribution in [1.29, 1.82) is 0 Å². The monoisotopic (exact) mass is 569 g/mol. The van der Waals surface area contributed by atoms with E-state index in [-0.39, 0.29) is 22.5 Å². The third-order valence-electron chi connectivity index (χ3n) is 6.02. The first kappa shape index (κ1) is 31.1. The number of nitrogens with zero attached hydrogens (tertiary/aromatic N) is 1. The lowest BCUT2D eigenvalue weighted by Gasteiger charge is -2.22. The molecule has 1 heterocycles. The molecule has 0 aliphatic carbocycles. The Hall–Kier alpha value is -3.47. The molecule has 40 heavy (non-hydrogen) atoms. The second-order valence-electron chi connectivity index (χ2n) is 10.6. The highest BCUT2D eigenvalue weighted by Crippen LogP contribution is 2.34. The van der Waals surface area contributed by atoms with Gasteiger partial charge in [-0.3, -0.25) is 14.9 Å². The van der Waals surface area contributed by atoms with Crippen molar-refractivity contribution >= 4 is 28.9 Å². The van der Waals surface area contributed by atoms with Gasteiger partial charge in [-0.2, -0.15) is 0 Å². The lowest BCUT2D eigenvalue weighted by molar-refractivity contribution is 0.0635.